The van der Waals surface area contributed by atoms with Crippen molar-refractivity contribution < 1.29 is 5.11 Å². The Morgan fingerprint density at radius 3 is 2.52 bits per heavy atom. The molecule has 0 bridgehead atoms. The van der Waals surface area contributed by atoms with Crippen molar-refractivity contribution in [3.63, 3.8) is 0 Å². The van der Waals surface area contributed by atoms with E-state index in [-0.39, 0.29) is 5.75 Å². The summed E-state index contributed by atoms with van der Waals surface area (Å²) >= 11 is 0. The van der Waals surface area contributed by atoms with Gasteiger partial charge in [-0.25, -0.2) is 0 Å². The number of hydrogen-bond acceptors (Lipinski definition) is 4. The third-order valence-corrected chi connectivity index (χ3v) is 3.75. The van der Waals surface area contributed by atoms with E-state index in [0.717, 1.165) is 21.7 Å². The molecule has 4 heteroatoms. The zero-order valence-corrected chi connectivity index (χ0v) is 12.2. The van der Waals surface area contributed by atoms with E-state index in [1.807, 2.05) is 60.7 Å². The number of aromatic nitrogens is 1. The molecule has 0 aliphatic rings. The van der Waals surface area contributed by atoms with Crippen LogP contribution in [0.5, 0.6) is 5.75 Å². The molecule has 4 rings (SSSR count). The van der Waals surface area contributed by atoms with Crippen LogP contribution in [-0.2, 0) is 0 Å². The van der Waals surface area contributed by atoms with Crippen molar-refractivity contribution in [3.8, 4) is 5.75 Å². The van der Waals surface area contributed by atoms with Crippen molar-refractivity contribution in [1.29, 1.82) is 0 Å². The first-order chi connectivity index (χ1) is 11.3. The molecule has 4 aromatic rings. The van der Waals surface area contributed by atoms with Crippen molar-refractivity contribution in [1.82, 2.24) is 4.98 Å². The molecule has 0 aliphatic carbocycles. The Hall–Kier alpha value is -3.27. The molecule has 1 aromatic heterocycles. The van der Waals surface area contributed by atoms with Gasteiger partial charge in [0.25, 0.3) is 0 Å². The number of phenols is 1. The highest BCUT2D eigenvalue weighted by molar-refractivity contribution is 5.95. The number of hydrogen-bond donors (Lipinski definition) is 1. The molecule has 0 aliphatic heterocycles. The van der Waals surface area contributed by atoms with Crippen molar-refractivity contribution in [3.05, 3.63) is 72.9 Å². The summed E-state index contributed by atoms with van der Waals surface area (Å²) in [6.45, 7) is 0. The van der Waals surface area contributed by atoms with E-state index in [0.29, 0.717) is 11.4 Å². The van der Waals surface area contributed by atoms with Gasteiger partial charge in [-0.15, -0.1) is 10.2 Å². The SMILES string of the molecule is Oc1ccc2ccccc2c1N=Nc1cccc2cccnc12. The Morgan fingerprint density at radius 2 is 1.57 bits per heavy atom. The highest BCUT2D eigenvalue weighted by atomic mass is 16.3. The second kappa shape index (κ2) is 5.50. The van der Waals surface area contributed by atoms with Gasteiger partial charge in [0.15, 0.2) is 0 Å². The molecule has 0 spiro atoms. The maximum atomic E-state index is 10.1. The molecule has 0 saturated carbocycles. The quantitative estimate of drug-likeness (QED) is 0.496. The second-order valence-electron chi connectivity index (χ2n) is 5.21. The summed E-state index contributed by atoms with van der Waals surface area (Å²) < 4.78 is 0. The first kappa shape index (κ1) is 13.4. The lowest BCUT2D eigenvalue weighted by atomic mass is 10.1. The number of benzene rings is 3. The minimum absolute atomic E-state index is 0.112. The Kier molecular flexibility index (Phi) is 3.20. The van der Waals surface area contributed by atoms with Crippen molar-refractivity contribution in [2.45, 2.75) is 0 Å². The molecular weight excluding hydrogens is 286 g/mol. The zero-order valence-electron chi connectivity index (χ0n) is 12.2. The molecule has 0 unspecified atom stereocenters. The number of rotatable bonds is 2. The minimum atomic E-state index is 0.112. The average molecular weight is 299 g/mol. The molecular formula is C19H13N3O. The lowest BCUT2D eigenvalue weighted by Crippen LogP contribution is -1.78. The van der Waals surface area contributed by atoms with Crippen LogP contribution in [0.25, 0.3) is 21.7 Å². The normalized spacial score (nSPS) is 11.5. The number of pyridine rings is 1. The number of fused-ring (bicyclic) bond motifs is 2. The number of para-hydroxylation sites is 1. The highest BCUT2D eigenvalue weighted by Gasteiger charge is 2.06. The van der Waals surface area contributed by atoms with Gasteiger partial charge in [-0.3, -0.25) is 4.98 Å². The molecule has 0 amide bonds. The van der Waals surface area contributed by atoms with Gasteiger partial charge < -0.3 is 5.11 Å². The van der Waals surface area contributed by atoms with Crippen LogP contribution >= 0.6 is 0 Å². The molecule has 4 nitrogen and oxygen atoms in total. The van der Waals surface area contributed by atoms with E-state index in [2.05, 4.69) is 15.2 Å². The smallest absolute Gasteiger partial charge is 0.143 e. The monoisotopic (exact) mass is 299 g/mol. The Labute approximate surface area is 132 Å². The maximum Gasteiger partial charge on any atom is 0.143 e. The van der Waals surface area contributed by atoms with Crippen molar-refractivity contribution >= 4 is 33.1 Å². The molecule has 23 heavy (non-hydrogen) atoms. The second-order valence-corrected chi connectivity index (χ2v) is 5.21. The topological polar surface area (TPSA) is 57.8 Å². The van der Waals surface area contributed by atoms with Crippen LogP contribution in [-0.4, -0.2) is 10.1 Å². The van der Waals surface area contributed by atoms with E-state index < -0.39 is 0 Å². The fraction of sp³-hybridized carbons (Fsp3) is 0. The van der Waals surface area contributed by atoms with Crippen LogP contribution in [0.3, 0.4) is 0 Å². The standard InChI is InChI=1S/C19H13N3O/c23-17-11-10-13-5-1-2-8-15(13)19(17)22-21-16-9-3-6-14-7-4-12-20-18(14)16/h1-12,23H. The first-order valence-electron chi connectivity index (χ1n) is 7.29. The molecule has 0 radical (unpaired) electrons. The molecule has 1 N–H and O–H groups in total. The minimum Gasteiger partial charge on any atom is -0.506 e. The van der Waals surface area contributed by atoms with Gasteiger partial charge in [0.1, 0.15) is 17.1 Å². The summed E-state index contributed by atoms with van der Waals surface area (Å²) in [4.78, 5) is 4.36. The molecule has 0 saturated heterocycles. The van der Waals surface area contributed by atoms with E-state index in [4.69, 9.17) is 0 Å². The van der Waals surface area contributed by atoms with Gasteiger partial charge in [-0.05, 0) is 23.6 Å². The van der Waals surface area contributed by atoms with E-state index in [9.17, 15) is 5.11 Å². The summed E-state index contributed by atoms with van der Waals surface area (Å²) in [5, 5.41) is 21.6. The molecule has 3 aromatic carbocycles. The Bertz CT molecular complexity index is 1040. The van der Waals surface area contributed by atoms with Crippen LogP contribution < -0.4 is 0 Å². The summed E-state index contributed by atoms with van der Waals surface area (Å²) in [7, 11) is 0. The van der Waals surface area contributed by atoms with Crippen molar-refractivity contribution in [2.24, 2.45) is 10.2 Å². The third kappa shape index (κ3) is 2.40. The summed E-state index contributed by atoms with van der Waals surface area (Å²) in [5.74, 6) is 0.112. The molecule has 110 valence electrons. The van der Waals surface area contributed by atoms with Crippen LogP contribution in [0.15, 0.2) is 83.2 Å². The fourth-order valence-electron chi connectivity index (χ4n) is 2.62. The summed E-state index contributed by atoms with van der Waals surface area (Å²) in [5.41, 5.74) is 1.94. The van der Waals surface area contributed by atoms with Gasteiger partial charge in [-0.1, -0.05) is 48.5 Å². The lowest BCUT2D eigenvalue weighted by Gasteiger charge is -2.04. The number of nitrogens with zero attached hydrogens (tertiary/aromatic N) is 3. The maximum absolute atomic E-state index is 10.1. The fourth-order valence-corrected chi connectivity index (χ4v) is 2.62. The van der Waals surface area contributed by atoms with E-state index >= 15 is 0 Å². The van der Waals surface area contributed by atoms with Crippen LogP contribution in [0, 0.1) is 0 Å². The van der Waals surface area contributed by atoms with E-state index in [1.54, 1.807) is 12.3 Å². The lowest BCUT2D eigenvalue weighted by molar-refractivity contribution is 0.477. The average Bonchev–Trinajstić information content (AvgIpc) is 2.61. The zero-order chi connectivity index (χ0) is 15.6. The molecule has 1 heterocycles. The molecule has 0 atom stereocenters. The van der Waals surface area contributed by atoms with Gasteiger partial charge in [-0.2, -0.15) is 0 Å². The van der Waals surface area contributed by atoms with Gasteiger partial charge in [0.2, 0.25) is 0 Å². The summed E-state index contributed by atoms with van der Waals surface area (Å²) in [6.07, 6.45) is 1.73. The Balaban J connectivity index is 1.87. The van der Waals surface area contributed by atoms with Crippen LogP contribution in [0.2, 0.25) is 0 Å². The van der Waals surface area contributed by atoms with E-state index in [1.165, 1.54) is 0 Å². The highest BCUT2D eigenvalue weighted by Crippen LogP contribution is 2.36. The van der Waals surface area contributed by atoms with Crippen LogP contribution in [0.4, 0.5) is 11.4 Å². The van der Waals surface area contributed by atoms with Crippen molar-refractivity contribution in [2.75, 3.05) is 0 Å². The predicted molar refractivity (Wildman–Crippen MR) is 91.5 cm³/mol. The number of azo groups is 1. The van der Waals surface area contributed by atoms with Gasteiger partial charge >= 0.3 is 0 Å². The largest absolute Gasteiger partial charge is 0.506 e. The Morgan fingerprint density at radius 1 is 0.739 bits per heavy atom. The number of phenolic OH excluding ortho intramolecular Hbond substituents is 1. The summed E-state index contributed by atoms with van der Waals surface area (Å²) in [6, 6.07) is 20.9. The van der Waals surface area contributed by atoms with Gasteiger partial charge in [0, 0.05) is 17.0 Å². The number of aromatic hydroxyl groups is 1. The molecule has 0 fully saturated rings. The first-order valence-corrected chi connectivity index (χ1v) is 7.29. The third-order valence-electron chi connectivity index (χ3n) is 3.75. The van der Waals surface area contributed by atoms with Gasteiger partial charge in [0.05, 0.1) is 5.52 Å². The van der Waals surface area contributed by atoms with Crippen LogP contribution in [0.1, 0.15) is 0 Å². The predicted octanol–water partition coefficient (Wildman–Crippen LogP) is 5.51.